The molecule has 1 aromatic heterocycles. The molecule has 6 nitrogen and oxygen atoms in total. The van der Waals surface area contributed by atoms with Gasteiger partial charge in [0, 0.05) is 31.0 Å². The first kappa shape index (κ1) is 16.5. The fraction of sp³-hybridized carbons (Fsp3) is 0.714. The second kappa shape index (κ2) is 7.28. The van der Waals surface area contributed by atoms with Crippen molar-refractivity contribution in [2.24, 2.45) is 0 Å². The Hall–Kier alpha value is -1.56. The average molecular weight is 282 g/mol. The predicted octanol–water partition coefficient (Wildman–Crippen LogP) is 1.77. The topological polar surface area (TPSA) is 68.2 Å². The fourth-order valence-electron chi connectivity index (χ4n) is 1.84. The van der Waals surface area contributed by atoms with Crippen molar-refractivity contribution in [2.75, 3.05) is 6.54 Å². The lowest BCUT2D eigenvalue weighted by molar-refractivity contribution is 0.0522. The van der Waals surface area contributed by atoms with Crippen LogP contribution in [0.2, 0.25) is 0 Å². The number of carbonyl (C=O) groups excluding carboxylic acids is 1. The zero-order valence-corrected chi connectivity index (χ0v) is 13.0. The van der Waals surface area contributed by atoms with E-state index in [1.807, 2.05) is 44.6 Å². The Morgan fingerprint density at radius 1 is 1.35 bits per heavy atom. The highest BCUT2D eigenvalue weighted by Crippen LogP contribution is 2.06. The van der Waals surface area contributed by atoms with Crippen molar-refractivity contribution in [3.63, 3.8) is 0 Å². The van der Waals surface area contributed by atoms with Crippen molar-refractivity contribution in [1.29, 1.82) is 0 Å². The van der Waals surface area contributed by atoms with Crippen LogP contribution in [-0.4, -0.2) is 40.1 Å². The molecule has 0 fully saturated rings. The van der Waals surface area contributed by atoms with E-state index in [1.54, 1.807) is 6.20 Å². The fourth-order valence-corrected chi connectivity index (χ4v) is 1.84. The monoisotopic (exact) mass is 282 g/mol. The van der Waals surface area contributed by atoms with Crippen LogP contribution < -0.4 is 10.6 Å². The first-order valence-corrected chi connectivity index (χ1v) is 6.96. The van der Waals surface area contributed by atoms with E-state index in [4.69, 9.17) is 4.74 Å². The average Bonchev–Trinajstić information content (AvgIpc) is 2.76. The molecule has 0 saturated heterocycles. The number of carbonyl (C=O) groups is 1. The van der Waals surface area contributed by atoms with Gasteiger partial charge < -0.3 is 15.4 Å². The van der Waals surface area contributed by atoms with Crippen LogP contribution in [-0.2, 0) is 11.3 Å². The van der Waals surface area contributed by atoms with Crippen LogP contribution >= 0.6 is 0 Å². The van der Waals surface area contributed by atoms with Gasteiger partial charge in [0.2, 0.25) is 0 Å². The molecule has 0 aliphatic carbocycles. The second-order valence-electron chi connectivity index (χ2n) is 6.08. The lowest BCUT2D eigenvalue weighted by Crippen LogP contribution is -2.45. The number of aromatic nitrogens is 2. The molecular weight excluding hydrogens is 256 g/mol. The molecule has 20 heavy (non-hydrogen) atoms. The number of hydrogen-bond donors (Lipinski definition) is 2. The highest BCUT2D eigenvalue weighted by Gasteiger charge is 2.16. The summed E-state index contributed by atoms with van der Waals surface area (Å²) in [5.41, 5.74) is -0.464. The first-order valence-electron chi connectivity index (χ1n) is 6.96. The van der Waals surface area contributed by atoms with Gasteiger partial charge in [-0.1, -0.05) is 0 Å². The van der Waals surface area contributed by atoms with E-state index in [2.05, 4.69) is 22.7 Å². The maximum atomic E-state index is 11.5. The number of alkyl carbamates (subject to hydrolysis) is 1. The molecule has 1 heterocycles. The minimum atomic E-state index is -0.464. The molecule has 0 bridgehead atoms. The molecular formula is C14H26N4O2. The van der Waals surface area contributed by atoms with E-state index in [0.29, 0.717) is 6.54 Å². The number of nitrogens with one attached hydrogen (secondary N) is 2. The molecule has 0 aliphatic rings. The Kier molecular flexibility index (Phi) is 6.01. The lowest BCUT2D eigenvalue weighted by Gasteiger charge is -2.23. The van der Waals surface area contributed by atoms with Gasteiger partial charge in [0.25, 0.3) is 0 Å². The second-order valence-corrected chi connectivity index (χ2v) is 6.08. The highest BCUT2D eigenvalue weighted by atomic mass is 16.6. The normalized spacial score (nSPS) is 14.7. The van der Waals surface area contributed by atoms with E-state index >= 15 is 0 Å². The summed E-state index contributed by atoms with van der Waals surface area (Å²) in [6.45, 7) is 11.0. The van der Waals surface area contributed by atoms with E-state index in [0.717, 1.165) is 6.54 Å². The van der Waals surface area contributed by atoms with Gasteiger partial charge >= 0.3 is 6.09 Å². The number of rotatable bonds is 6. The largest absolute Gasteiger partial charge is 0.444 e. The Morgan fingerprint density at radius 2 is 2.05 bits per heavy atom. The maximum Gasteiger partial charge on any atom is 0.407 e. The third-order valence-corrected chi connectivity index (χ3v) is 2.54. The Bertz CT molecular complexity index is 398. The number of hydrogen-bond acceptors (Lipinski definition) is 4. The Morgan fingerprint density at radius 3 is 2.60 bits per heavy atom. The zero-order valence-electron chi connectivity index (χ0n) is 13.0. The molecule has 1 aromatic rings. The smallest absolute Gasteiger partial charge is 0.407 e. The summed E-state index contributed by atoms with van der Waals surface area (Å²) in [6.07, 6.45) is 3.31. The first-order chi connectivity index (χ1) is 9.26. The molecule has 2 N–H and O–H groups in total. The van der Waals surface area contributed by atoms with Gasteiger partial charge in [0.15, 0.2) is 0 Å². The minimum Gasteiger partial charge on any atom is -0.444 e. The molecule has 0 aliphatic heterocycles. The van der Waals surface area contributed by atoms with E-state index in [1.165, 1.54) is 0 Å². The van der Waals surface area contributed by atoms with Crippen LogP contribution in [0.5, 0.6) is 0 Å². The van der Waals surface area contributed by atoms with Crippen LogP contribution in [0, 0.1) is 0 Å². The van der Waals surface area contributed by atoms with Crippen molar-refractivity contribution in [2.45, 2.75) is 58.8 Å². The summed E-state index contributed by atoms with van der Waals surface area (Å²) < 4.78 is 7.07. The quantitative estimate of drug-likeness (QED) is 0.834. The van der Waals surface area contributed by atoms with E-state index in [-0.39, 0.29) is 18.2 Å². The van der Waals surface area contributed by atoms with Gasteiger partial charge in [-0.05, 0) is 40.7 Å². The predicted molar refractivity (Wildman–Crippen MR) is 78.5 cm³/mol. The summed E-state index contributed by atoms with van der Waals surface area (Å²) in [5, 5.41) is 10.3. The van der Waals surface area contributed by atoms with Crippen molar-refractivity contribution in [1.82, 2.24) is 20.4 Å². The maximum absolute atomic E-state index is 11.5. The number of nitrogens with zero attached hydrogens (tertiary/aromatic N) is 2. The highest BCUT2D eigenvalue weighted by molar-refractivity contribution is 5.67. The van der Waals surface area contributed by atoms with Crippen LogP contribution in [0.15, 0.2) is 18.5 Å². The number of amides is 1. The van der Waals surface area contributed by atoms with Crippen molar-refractivity contribution < 1.29 is 9.53 Å². The van der Waals surface area contributed by atoms with Gasteiger partial charge in [-0.3, -0.25) is 4.68 Å². The van der Waals surface area contributed by atoms with Gasteiger partial charge in [-0.15, -0.1) is 0 Å². The van der Waals surface area contributed by atoms with Crippen molar-refractivity contribution in [3.8, 4) is 0 Å². The molecule has 1 rings (SSSR count). The van der Waals surface area contributed by atoms with E-state index in [9.17, 15) is 4.79 Å². The third-order valence-electron chi connectivity index (χ3n) is 2.54. The molecule has 2 unspecified atom stereocenters. The molecule has 0 spiro atoms. The molecule has 1 amide bonds. The summed E-state index contributed by atoms with van der Waals surface area (Å²) in [5.74, 6) is 0. The molecule has 114 valence electrons. The van der Waals surface area contributed by atoms with Crippen LogP contribution in [0.4, 0.5) is 4.79 Å². The molecule has 0 saturated carbocycles. The Labute approximate surface area is 120 Å². The summed E-state index contributed by atoms with van der Waals surface area (Å²) in [7, 11) is 0. The van der Waals surface area contributed by atoms with Gasteiger partial charge in [-0.25, -0.2) is 4.79 Å². The van der Waals surface area contributed by atoms with Crippen molar-refractivity contribution in [3.05, 3.63) is 18.5 Å². The molecule has 0 radical (unpaired) electrons. The number of ether oxygens (including phenoxy) is 1. The van der Waals surface area contributed by atoms with Gasteiger partial charge in [0.1, 0.15) is 5.60 Å². The third kappa shape index (κ3) is 7.13. The van der Waals surface area contributed by atoms with Gasteiger partial charge in [0.05, 0.1) is 6.54 Å². The van der Waals surface area contributed by atoms with Crippen LogP contribution in [0.1, 0.15) is 34.6 Å². The van der Waals surface area contributed by atoms with Crippen LogP contribution in [0.25, 0.3) is 0 Å². The SMILES string of the molecule is CC(CNC(=O)OC(C)(C)C)NC(C)Cn1cccn1. The standard InChI is InChI=1S/C14H26N4O2/c1-11(9-15-13(19)20-14(3,4)5)17-12(2)10-18-8-6-7-16-18/h6-8,11-12,17H,9-10H2,1-5H3,(H,15,19). The minimum absolute atomic E-state index is 0.160. The van der Waals surface area contributed by atoms with Crippen molar-refractivity contribution >= 4 is 6.09 Å². The summed E-state index contributed by atoms with van der Waals surface area (Å²) in [4.78, 5) is 11.5. The van der Waals surface area contributed by atoms with Crippen LogP contribution in [0.3, 0.4) is 0 Å². The lowest BCUT2D eigenvalue weighted by atomic mass is 10.2. The zero-order chi connectivity index (χ0) is 15.2. The summed E-state index contributed by atoms with van der Waals surface area (Å²) in [6, 6.07) is 2.33. The molecule has 2 atom stereocenters. The molecule has 6 heteroatoms. The van der Waals surface area contributed by atoms with E-state index < -0.39 is 5.60 Å². The Balaban J connectivity index is 2.22. The van der Waals surface area contributed by atoms with Gasteiger partial charge in [-0.2, -0.15) is 5.10 Å². The molecule has 0 aromatic carbocycles. The summed E-state index contributed by atoms with van der Waals surface area (Å²) >= 11 is 0.